The van der Waals surface area contributed by atoms with E-state index < -0.39 is 0 Å². The molecule has 0 amide bonds. The van der Waals surface area contributed by atoms with Crippen LogP contribution in [0, 0.1) is 6.92 Å². The van der Waals surface area contributed by atoms with Crippen LogP contribution in [0.2, 0.25) is 0 Å². The standard InChI is InChI=1S/C11H11BrN4S/c1-6-9(5-14-16-11(13)17)8-3-2-7(12)4-10(8)15-6/h2-5,15H,1H3,(H3,13,16,17). The zero-order chi connectivity index (χ0) is 12.4. The molecule has 88 valence electrons. The third-order valence-electron chi connectivity index (χ3n) is 2.37. The van der Waals surface area contributed by atoms with Gasteiger partial charge in [0.15, 0.2) is 5.11 Å². The van der Waals surface area contributed by atoms with Gasteiger partial charge in [-0.15, -0.1) is 0 Å². The van der Waals surface area contributed by atoms with Crippen molar-refractivity contribution in [3.8, 4) is 0 Å². The molecule has 1 aromatic carbocycles. The van der Waals surface area contributed by atoms with Gasteiger partial charge >= 0.3 is 0 Å². The summed E-state index contributed by atoms with van der Waals surface area (Å²) in [6.07, 6.45) is 1.71. The number of rotatable bonds is 2. The maximum Gasteiger partial charge on any atom is 0.184 e. The van der Waals surface area contributed by atoms with Crippen molar-refractivity contribution in [3.05, 3.63) is 33.9 Å². The smallest absolute Gasteiger partial charge is 0.184 e. The van der Waals surface area contributed by atoms with Crippen LogP contribution in [0.15, 0.2) is 27.8 Å². The number of thiocarbonyl (C=S) groups is 1. The van der Waals surface area contributed by atoms with Crippen molar-refractivity contribution >= 4 is 50.4 Å². The fourth-order valence-corrected chi connectivity index (χ4v) is 2.07. The fourth-order valence-electron chi connectivity index (χ4n) is 1.65. The van der Waals surface area contributed by atoms with Crippen LogP contribution < -0.4 is 11.2 Å². The van der Waals surface area contributed by atoms with Gasteiger partial charge in [-0.1, -0.05) is 22.0 Å². The summed E-state index contributed by atoms with van der Waals surface area (Å²) in [5.41, 5.74) is 11.0. The molecule has 0 aliphatic rings. The van der Waals surface area contributed by atoms with Gasteiger partial charge in [-0.25, -0.2) is 0 Å². The van der Waals surface area contributed by atoms with E-state index in [9.17, 15) is 0 Å². The average Bonchev–Trinajstić information content (AvgIpc) is 2.54. The summed E-state index contributed by atoms with van der Waals surface area (Å²) in [6, 6.07) is 6.06. The lowest BCUT2D eigenvalue weighted by Crippen LogP contribution is -2.24. The van der Waals surface area contributed by atoms with E-state index in [1.54, 1.807) is 6.21 Å². The first-order chi connectivity index (χ1) is 8.08. The molecule has 2 aromatic rings. The van der Waals surface area contributed by atoms with Crippen LogP contribution in [0.1, 0.15) is 11.3 Å². The number of H-pyrrole nitrogens is 1. The molecule has 2 rings (SSSR count). The Morgan fingerprint density at radius 3 is 3.06 bits per heavy atom. The number of nitrogens with two attached hydrogens (primary N) is 1. The van der Waals surface area contributed by atoms with Crippen LogP contribution in [-0.4, -0.2) is 16.3 Å². The molecule has 1 aromatic heterocycles. The topological polar surface area (TPSA) is 66.2 Å². The molecule has 0 bridgehead atoms. The lowest BCUT2D eigenvalue weighted by Gasteiger charge is -1.95. The van der Waals surface area contributed by atoms with Crippen molar-refractivity contribution in [1.82, 2.24) is 10.4 Å². The summed E-state index contributed by atoms with van der Waals surface area (Å²) in [5.74, 6) is 0. The molecule has 0 unspecified atom stereocenters. The van der Waals surface area contributed by atoms with E-state index in [4.69, 9.17) is 5.73 Å². The van der Waals surface area contributed by atoms with Gasteiger partial charge in [-0.2, -0.15) is 5.10 Å². The fraction of sp³-hybridized carbons (Fsp3) is 0.0909. The molecule has 1 heterocycles. The molecule has 17 heavy (non-hydrogen) atoms. The van der Waals surface area contributed by atoms with Gasteiger partial charge in [0.2, 0.25) is 0 Å². The molecule has 6 heteroatoms. The number of hydrogen-bond acceptors (Lipinski definition) is 2. The SMILES string of the molecule is Cc1[nH]c2cc(Br)ccc2c1C=NNC(N)=S. The molecule has 4 nitrogen and oxygen atoms in total. The lowest BCUT2D eigenvalue weighted by atomic mass is 10.1. The van der Waals surface area contributed by atoms with Gasteiger partial charge in [-0.3, -0.25) is 5.43 Å². The normalized spacial score (nSPS) is 11.2. The van der Waals surface area contributed by atoms with Crippen molar-refractivity contribution < 1.29 is 0 Å². The second-order valence-corrected chi connectivity index (χ2v) is 4.94. The molecule has 0 fully saturated rings. The highest BCUT2D eigenvalue weighted by atomic mass is 79.9. The number of benzene rings is 1. The Kier molecular flexibility index (Phi) is 3.44. The third kappa shape index (κ3) is 2.65. The molecule has 0 atom stereocenters. The largest absolute Gasteiger partial charge is 0.375 e. The highest BCUT2D eigenvalue weighted by Gasteiger charge is 2.06. The molecule has 4 N–H and O–H groups in total. The van der Waals surface area contributed by atoms with E-state index in [1.165, 1.54) is 0 Å². The van der Waals surface area contributed by atoms with Gasteiger partial charge < -0.3 is 10.7 Å². The van der Waals surface area contributed by atoms with Gasteiger partial charge in [0.05, 0.1) is 6.21 Å². The van der Waals surface area contributed by atoms with E-state index in [-0.39, 0.29) is 5.11 Å². The first-order valence-electron chi connectivity index (χ1n) is 4.94. The Labute approximate surface area is 112 Å². The Morgan fingerprint density at radius 1 is 1.59 bits per heavy atom. The van der Waals surface area contributed by atoms with E-state index in [1.807, 2.05) is 25.1 Å². The second kappa shape index (κ2) is 4.85. The number of aromatic amines is 1. The van der Waals surface area contributed by atoms with E-state index in [2.05, 4.69) is 43.7 Å². The summed E-state index contributed by atoms with van der Waals surface area (Å²) < 4.78 is 1.04. The van der Waals surface area contributed by atoms with Crippen LogP contribution in [0.3, 0.4) is 0 Å². The van der Waals surface area contributed by atoms with Gasteiger partial charge in [0.1, 0.15) is 0 Å². The van der Waals surface area contributed by atoms with Crippen molar-refractivity contribution in [2.24, 2.45) is 10.8 Å². The minimum absolute atomic E-state index is 0.154. The van der Waals surface area contributed by atoms with Crippen LogP contribution in [-0.2, 0) is 0 Å². The maximum atomic E-state index is 5.30. The van der Waals surface area contributed by atoms with Crippen molar-refractivity contribution in [3.63, 3.8) is 0 Å². The molecule has 0 aliphatic carbocycles. The molecular weight excluding hydrogens is 300 g/mol. The summed E-state index contributed by atoms with van der Waals surface area (Å²) >= 11 is 8.11. The predicted molar refractivity (Wildman–Crippen MR) is 78.3 cm³/mol. The van der Waals surface area contributed by atoms with Crippen LogP contribution >= 0.6 is 28.1 Å². The molecule has 0 spiro atoms. The van der Waals surface area contributed by atoms with Gasteiger partial charge in [-0.05, 0) is 31.3 Å². The second-order valence-electron chi connectivity index (χ2n) is 3.59. The van der Waals surface area contributed by atoms with Crippen LogP contribution in [0.4, 0.5) is 0 Å². The van der Waals surface area contributed by atoms with E-state index >= 15 is 0 Å². The lowest BCUT2D eigenvalue weighted by molar-refractivity contribution is 1.04. The molecule has 0 saturated heterocycles. The summed E-state index contributed by atoms with van der Waals surface area (Å²) in [5, 5.41) is 5.24. The Morgan fingerprint density at radius 2 is 2.35 bits per heavy atom. The highest BCUT2D eigenvalue weighted by molar-refractivity contribution is 9.10. The summed E-state index contributed by atoms with van der Waals surface area (Å²) in [7, 11) is 0. The number of fused-ring (bicyclic) bond motifs is 1. The number of nitrogens with zero attached hydrogens (tertiary/aromatic N) is 1. The molecule has 0 saturated carbocycles. The summed E-state index contributed by atoms with van der Waals surface area (Å²) in [6.45, 7) is 2.00. The number of aromatic nitrogens is 1. The highest BCUT2D eigenvalue weighted by Crippen LogP contribution is 2.23. The first-order valence-corrected chi connectivity index (χ1v) is 6.14. The number of hydrazone groups is 1. The minimum Gasteiger partial charge on any atom is -0.375 e. The number of halogens is 1. The quantitative estimate of drug-likeness (QED) is 0.453. The monoisotopic (exact) mass is 310 g/mol. The Bertz CT molecular complexity index is 603. The van der Waals surface area contributed by atoms with Crippen LogP contribution in [0.25, 0.3) is 10.9 Å². The van der Waals surface area contributed by atoms with Crippen molar-refractivity contribution in [2.75, 3.05) is 0 Å². The zero-order valence-electron chi connectivity index (χ0n) is 9.12. The molecular formula is C11H11BrN4S. The predicted octanol–water partition coefficient (Wildman–Crippen LogP) is 2.41. The Balaban J connectivity index is 2.43. The number of nitrogens with one attached hydrogen (secondary N) is 2. The first kappa shape index (κ1) is 12.1. The van der Waals surface area contributed by atoms with E-state index in [0.717, 1.165) is 26.6 Å². The van der Waals surface area contributed by atoms with Gasteiger partial charge in [0.25, 0.3) is 0 Å². The zero-order valence-corrected chi connectivity index (χ0v) is 11.5. The number of aryl methyl sites for hydroxylation is 1. The van der Waals surface area contributed by atoms with Gasteiger partial charge in [0, 0.05) is 26.6 Å². The maximum absolute atomic E-state index is 5.30. The van der Waals surface area contributed by atoms with Crippen LogP contribution in [0.5, 0.6) is 0 Å². The Hall–Kier alpha value is -1.40. The van der Waals surface area contributed by atoms with Crippen molar-refractivity contribution in [2.45, 2.75) is 6.92 Å². The van der Waals surface area contributed by atoms with Crippen molar-refractivity contribution in [1.29, 1.82) is 0 Å². The molecule has 0 radical (unpaired) electrons. The summed E-state index contributed by atoms with van der Waals surface area (Å²) in [4.78, 5) is 3.29. The molecule has 0 aliphatic heterocycles. The average molecular weight is 311 g/mol. The van der Waals surface area contributed by atoms with E-state index in [0.29, 0.717) is 0 Å². The minimum atomic E-state index is 0.154. The third-order valence-corrected chi connectivity index (χ3v) is 2.95. The number of hydrogen-bond donors (Lipinski definition) is 3.